The third kappa shape index (κ3) is 0.974. The molecule has 0 unspecified atom stereocenters. The molecule has 4 atom stereocenters. The molecule has 104 valence electrons. The van der Waals surface area contributed by atoms with Gasteiger partial charge in [-0.25, -0.2) is 0 Å². The first kappa shape index (κ1) is 12.0. The van der Waals surface area contributed by atoms with Gasteiger partial charge in [0.25, 0.3) is 5.91 Å². The number of rotatable bonds is 1. The third-order valence-corrected chi connectivity index (χ3v) is 6.72. The molecule has 1 aromatic rings. The van der Waals surface area contributed by atoms with Crippen molar-refractivity contribution in [2.45, 2.75) is 38.6 Å². The van der Waals surface area contributed by atoms with Crippen LogP contribution in [-0.4, -0.2) is 22.9 Å². The standard InChI is InChI=1S/C16H18N2O2/c1-14-10-18(13(19)12-4-3-7-20-12)16(9-17)8-11(14)5-6-15(14,16)2/h3-4,7,11H,5-6,8,10H2,1-2H3/t11-,14+,15+,16+/m1/s1. The Morgan fingerprint density at radius 1 is 1.55 bits per heavy atom. The number of nitrogens with zero attached hydrogens (tertiary/aromatic N) is 2. The topological polar surface area (TPSA) is 57.2 Å². The summed E-state index contributed by atoms with van der Waals surface area (Å²) in [6.45, 7) is 5.15. The molecule has 1 amide bonds. The molecule has 2 heterocycles. The summed E-state index contributed by atoms with van der Waals surface area (Å²) in [6, 6.07) is 5.92. The van der Waals surface area contributed by atoms with Gasteiger partial charge in [0.2, 0.25) is 0 Å². The van der Waals surface area contributed by atoms with Crippen molar-refractivity contribution in [3.05, 3.63) is 24.2 Å². The number of furan rings is 1. The molecule has 1 saturated heterocycles. The zero-order valence-electron chi connectivity index (χ0n) is 11.8. The van der Waals surface area contributed by atoms with E-state index in [0.29, 0.717) is 18.2 Å². The van der Waals surface area contributed by atoms with E-state index in [9.17, 15) is 10.1 Å². The molecule has 20 heavy (non-hydrogen) atoms. The highest BCUT2D eigenvalue weighted by Gasteiger charge is 2.79. The summed E-state index contributed by atoms with van der Waals surface area (Å²) in [5, 5.41) is 9.89. The van der Waals surface area contributed by atoms with Crippen LogP contribution in [0.5, 0.6) is 0 Å². The van der Waals surface area contributed by atoms with Crippen LogP contribution in [-0.2, 0) is 0 Å². The maximum Gasteiger partial charge on any atom is 0.290 e. The highest BCUT2D eigenvalue weighted by molar-refractivity contribution is 5.93. The highest BCUT2D eigenvalue weighted by atomic mass is 16.3. The van der Waals surface area contributed by atoms with Crippen LogP contribution in [0, 0.1) is 28.1 Å². The molecule has 4 bridgehead atoms. The van der Waals surface area contributed by atoms with Gasteiger partial charge in [-0.2, -0.15) is 5.26 Å². The van der Waals surface area contributed by atoms with Crippen LogP contribution in [0.2, 0.25) is 0 Å². The lowest BCUT2D eigenvalue weighted by Gasteiger charge is -2.42. The van der Waals surface area contributed by atoms with Gasteiger partial charge >= 0.3 is 0 Å². The van der Waals surface area contributed by atoms with E-state index >= 15 is 0 Å². The summed E-state index contributed by atoms with van der Waals surface area (Å²) < 4.78 is 5.25. The van der Waals surface area contributed by atoms with Crippen molar-refractivity contribution in [1.29, 1.82) is 5.26 Å². The lowest BCUT2D eigenvalue weighted by Crippen LogP contribution is -2.54. The number of carbonyl (C=O) groups excluding carboxylic acids is 1. The number of piperidine rings is 1. The predicted molar refractivity (Wildman–Crippen MR) is 71.6 cm³/mol. The molecule has 3 aliphatic rings. The monoisotopic (exact) mass is 270 g/mol. The minimum absolute atomic E-state index is 0.0744. The third-order valence-electron chi connectivity index (χ3n) is 6.72. The van der Waals surface area contributed by atoms with Crippen molar-refractivity contribution in [2.24, 2.45) is 16.7 Å². The van der Waals surface area contributed by atoms with Crippen LogP contribution in [0.3, 0.4) is 0 Å². The van der Waals surface area contributed by atoms with Crippen LogP contribution < -0.4 is 0 Å². The summed E-state index contributed by atoms with van der Waals surface area (Å²) in [5.41, 5.74) is -0.652. The molecule has 4 heteroatoms. The summed E-state index contributed by atoms with van der Waals surface area (Å²) >= 11 is 0. The molecule has 1 aliphatic heterocycles. The van der Waals surface area contributed by atoms with E-state index in [0.717, 1.165) is 12.8 Å². The maximum absolute atomic E-state index is 12.7. The van der Waals surface area contributed by atoms with Gasteiger partial charge in [0.1, 0.15) is 5.54 Å². The second-order valence-corrected chi connectivity index (χ2v) is 7.03. The van der Waals surface area contributed by atoms with Gasteiger partial charge in [-0.15, -0.1) is 0 Å². The van der Waals surface area contributed by atoms with Crippen molar-refractivity contribution in [3.8, 4) is 6.07 Å². The minimum atomic E-state index is -0.644. The average Bonchev–Trinajstić information content (AvgIpc) is 3.13. The predicted octanol–water partition coefficient (Wildman–Crippen LogP) is 2.82. The zero-order chi connectivity index (χ0) is 14.2. The lowest BCUT2D eigenvalue weighted by atomic mass is 9.66. The van der Waals surface area contributed by atoms with Gasteiger partial charge in [0, 0.05) is 12.0 Å². The zero-order valence-corrected chi connectivity index (χ0v) is 11.8. The van der Waals surface area contributed by atoms with E-state index in [1.807, 2.05) is 0 Å². The fourth-order valence-corrected chi connectivity index (χ4v) is 5.29. The van der Waals surface area contributed by atoms with Gasteiger partial charge in [-0.05, 0) is 42.7 Å². The van der Waals surface area contributed by atoms with E-state index in [1.165, 1.54) is 12.7 Å². The fourth-order valence-electron chi connectivity index (χ4n) is 5.29. The maximum atomic E-state index is 12.7. The molecular weight excluding hydrogens is 252 g/mol. The van der Waals surface area contributed by atoms with Crippen LogP contribution in [0.4, 0.5) is 0 Å². The van der Waals surface area contributed by atoms with E-state index in [1.54, 1.807) is 17.0 Å². The molecule has 0 aromatic carbocycles. The van der Waals surface area contributed by atoms with Crippen molar-refractivity contribution >= 4 is 5.91 Å². The van der Waals surface area contributed by atoms with Crippen molar-refractivity contribution in [3.63, 3.8) is 0 Å². The van der Waals surface area contributed by atoms with E-state index < -0.39 is 5.54 Å². The van der Waals surface area contributed by atoms with Crippen LogP contribution in [0.25, 0.3) is 0 Å². The Bertz CT molecular complexity index is 631. The second-order valence-electron chi connectivity index (χ2n) is 7.03. The van der Waals surface area contributed by atoms with Crippen LogP contribution in [0.15, 0.2) is 22.8 Å². The molecule has 4 nitrogen and oxygen atoms in total. The van der Waals surface area contributed by atoms with Crippen LogP contribution >= 0.6 is 0 Å². The van der Waals surface area contributed by atoms with Crippen LogP contribution in [0.1, 0.15) is 43.7 Å². The normalized spacial score (nSPS) is 44.9. The Balaban J connectivity index is 1.82. The minimum Gasteiger partial charge on any atom is -0.459 e. The smallest absolute Gasteiger partial charge is 0.290 e. The van der Waals surface area contributed by atoms with Gasteiger partial charge in [-0.3, -0.25) is 4.79 Å². The van der Waals surface area contributed by atoms with E-state index in [4.69, 9.17) is 4.42 Å². The number of hydrogen-bond acceptors (Lipinski definition) is 3. The first-order valence-electron chi connectivity index (χ1n) is 7.25. The Labute approximate surface area is 118 Å². The summed E-state index contributed by atoms with van der Waals surface area (Å²) in [4.78, 5) is 14.5. The Hall–Kier alpha value is -1.76. The number of amides is 1. The summed E-state index contributed by atoms with van der Waals surface area (Å²) in [5.74, 6) is 0.787. The summed E-state index contributed by atoms with van der Waals surface area (Å²) in [7, 11) is 0. The fraction of sp³-hybridized carbons (Fsp3) is 0.625. The molecule has 0 radical (unpaired) electrons. The Morgan fingerprint density at radius 3 is 2.95 bits per heavy atom. The molecular formula is C16H18N2O2. The molecule has 2 saturated carbocycles. The first-order valence-corrected chi connectivity index (χ1v) is 7.25. The van der Waals surface area contributed by atoms with Gasteiger partial charge in [-0.1, -0.05) is 13.8 Å². The Kier molecular flexibility index (Phi) is 1.97. The van der Waals surface area contributed by atoms with E-state index in [-0.39, 0.29) is 16.7 Å². The largest absolute Gasteiger partial charge is 0.459 e. The molecule has 2 aliphatic carbocycles. The van der Waals surface area contributed by atoms with Gasteiger partial charge in [0.05, 0.1) is 12.3 Å². The molecule has 0 N–H and O–H groups in total. The number of likely N-dealkylation sites (tertiary alicyclic amines) is 1. The van der Waals surface area contributed by atoms with E-state index in [2.05, 4.69) is 19.9 Å². The first-order chi connectivity index (χ1) is 9.48. The number of nitriles is 1. The van der Waals surface area contributed by atoms with Crippen molar-refractivity contribution < 1.29 is 9.21 Å². The van der Waals surface area contributed by atoms with Crippen molar-refractivity contribution in [1.82, 2.24) is 4.90 Å². The summed E-state index contributed by atoms with van der Waals surface area (Å²) in [6.07, 6.45) is 4.57. The molecule has 3 fully saturated rings. The van der Waals surface area contributed by atoms with Crippen molar-refractivity contribution in [2.75, 3.05) is 6.54 Å². The Morgan fingerprint density at radius 2 is 2.35 bits per heavy atom. The molecule has 1 aromatic heterocycles. The quantitative estimate of drug-likeness (QED) is 0.788. The number of carbonyl (C=O) groups is 1. The number of hydrogen-bond donors (Lipinski definition) is 0. The lowest BCUT2D eigenvalue weighted by molar-refractivity contribution is 0.0400. The SMILES string of the molecule is C[C@@]12CC[C@@H]3C[C@@]1(C#N)N(C(=O)c1ccco1)C[C@@]32C. The molecule has 4 rings (SSSR count). The highest BCUT2D eigenvalue weighted by Crippen LogP contribution is 2.75. The van der Waals surface area contributed by atoms with Gasteiger partial charge < -0.3 is 9.32 Å². The van der Waals surface area contributed by atoms with Gasteiger partial charge in [0.15, 0.2) is 5.76 Å². The second kappa shape index (κ2) is 3.28. The molecule has 0 spiro atoms. The average molecular weight is 270 g/mol.